The zero-order valence-electron chi connectivity index (χ0n) is 11.3. The van der Waals surface area contributed by atoms with E-state index in [9.17, 15) is 9.18 Å². The number of halogens is 1. The van der Waals surface area contributed by atoms with Gasteiger partial charge in [0.05, 0.1) is 28.7 Å². The fourth-order valence-corrected chi connectivity index (χ4v) is 1.78. The van der Waals surface area contributed by atoms with Crippen LogP contribution in [0.1, 0.15) is 15.9 Å². The third kappa shape index (κ3) is 3.09. The molecule has 0 aliphatic heterocycles. The molecular formula is C15H13FN4O. The topological polar surface area (TPSA) is 90.9 Å². The van der Waals surface area contributed by atoms with Crippen LogP contribution in [0, 0.1) is 17.1 Å². The van der Waals surface area contributed by atoms with Crippen molar-refractivity contribution in [3.05, 3.63) is 53.3 Å². The number of nitrogens with two attached hydrogens (primary N) is 1. The third-order valence-corrected chi connectivity index (χ3v) is 2.91. The molecule has 2 rings (SSSR count). The van der Waals surface area contributed by atoms with Gasteiger partial charge in [-0.25, -0.2) is 4.39 Å². The largest absolute Gasteiger partial charge is 0.397 e. The average molecular weight is 284 g/mol. The molecule has 4 N–H and O–H groups in total. The minimum atomic E-state index is -0.571. The van der Waals surface area contributed by atoms with Crippen LogP contribution in [-0.2, 0) is 0 Å². The highest BCUT2D eigenvalue weighted by Crippen LogP contribution is 2.26. The fourth-order valence-electron chi connectivity index (χ4n) is 1.78. The minimum absolute atomic E-state index is 0.176. The van der Waals surface area contributed by atoms with Crippen LogP contribution in [0.2, 0.25) is 0 Å². The number of anilines is 3. The standard InChI is InChI=1S/C15H13FN4O/c1-19-15(21)10-3-4-12(18)14(7-10)20-13-5-2-9(8-17)6-11(13)16/h2-7,20H,18H2,1H3,(H,19,21). The Hall–Kier alpha value is -3.07. The Morgan fingerprint density at radius 3 is 2.62 bits per heavy atom. The second kappa shape index (κ2) is 5.92. The Bertz CT molecular complexity index is 737. The lowest BCUT2D eigenvalue weighted by molar-refractivity contribution is 0.0963. The van der Waals surface area contributed by atoms with Crippen molar-refractivity contribution in [2.45, 2.75) is 0 Å². The summed E-state index contributed by atoms with van der Waals surface area (Å²) in [5, 5.41) is 14.0. The maximum atomic E-state index is 13.8. The molecule has 0 bridgehead atoms. The van der Waals surface area contributed by atoms with E-state index in [0.717, 1.165) is 6.07 Å². The molecular weight excluding hydrogens is 271 g/mol. The highest BCUT2D eigenvalue weighted by atomic mass is 19.1. The first-order valence-corrected chi connectivity index (χ1v) is 6.13. The second-order valence-corrected chi connectivity index (χ2v) is 4.31. The fraction of sp³-hybridized carbons (Fsp3) is 0.0667. The summed E-state index contributed by atoms with van der Waals surface area (Å²) in [5.74, 6) is -0.836. The maximum Gasteiger partial charge on any atom is 0.251 e. The summed E-state index contributed by atoms with van der Waals surface area (Å²) in [5.41, 5.74) is 7.42. The lowest BCUT2D eigenvalue weighted by Gasteiger charge is -2.12. The SMILES string of the molecule is CNC(=O)c1ccc(N)c(Nc2ccc(C#N)cc2F)c1. The number of nitriles is 1. The van der Waals surface area contributed by atoms with Crippen molar-refractivity contribution >= 4 is 23.0 Å². The lowest BCUT2D eigenvalue weighted by Crippen LogP contribution is -2.18. The molecule has 1 amide bonds. The number of hydrogen-bond acceptors (Lipinski definition) is 4. The van der Waals surface area contributed by atoms with E-state index in [1.165, 1.54) is 25.2 Å². The number of carbonyl (C=O) groups excluding carboxylic acids is 1. The van der Waals surface area contributed by atoms with Crippen LogP contribution < -0.4 is 16.4 Å². The number of amides is 1. The predicted molar refractivity (Wildman–Crippen MR) is 78.6 cm³/mol. The van der Waals surface area contributed by atoms with Crippen LogP contribution in [0.25, 0.3) is 0 Å². The molecule has 0 saturated carbocycles. The predicted octanol–water partition coefficient (Wildman–Crippen LogP) is 2.38. The van der Waals surface area contributed by atoms with Gasteiger partial charge in [-0.1, -0.05) is 0 Å². The highest BCUT2D eigenvalue weighted by Gasteiger charge is 2.09. The van der Waals surface area contributed by atoms with Gasteiger partial charge >= 0.3 is 0 Å². The van der Waals surface area contributed by atoms with E-state index >= 15 is 0 Å². The summed E-state index contributed by atoms with van der Waals surface area (Å²) in [6, 6.07) is 10.6. The van der Waals surface area contributed by atoms with Gasteiger partial charge in [-0.3, -0.25) is 4.79 Å². The van der Waals surface area contributed by atoms with Gasteiger partial charge in [0.1, 0.15) is 5.82 Å². The highest BCUT2D eigenvalue weighted by molar-refractivity contribution is 5.96. The number of nitrogens with one attached hydrogen (secondary N) is 2. The molecule has 21 heavy (non-hydrogen) atoms. The molecule has 2 aromatic rings. The van der Waals surface area contributed by atoms with E-state index in [1.54, 1.807) is 12.1 Å². The molecule has 2 aromatic carbocycles. The van der Waals surface area contributed by atoms with Crippen LogP contribution >= 0.6 is 0 Å². The van der Waals surface area contributed by atoms with Crippen LogP contribution in [0.5, 0.6) is 0 Å². The molecule has 5 nitrogen and oxygen atoms in total. The van der Waals surface area contributed by atoms with Crippen molar-refractivity contribution in [2.75, 3.05) is 18.1 Å². The molecule has 0 radical (unpaired) electrons. The molecule has 0 atom stereocenters. The van der Waals surface area contributed by atoms with Crippen LogP contribution in [0.4, 0.5) is 21.5 Å². The maximum absolute atomic E-state index is 13.8. The Morgan fingerprint density at radius 1 is 1.24 bits per heavy atom. The number of nitrogens with zero attached hydrogens (tertiary/aromatic N) is 1. The Kier molecular flexibility index (Phi) is 4.05. The van der Waals surface area contributed by atoms with Crippen LogP contribution in [0.15, 0.2) is 36.4 Å². The molecule has 0 aromatic heterocycles. The van der Waals surface area contributed by atoms with Gasteiger partial charge in [-0.05, 0) is 36.4 Å². The van der Waals surface area contributed by atoms with E-state index in [4.69, 9.17) is 11.0 Å². The molecule has 0 fully saturated rings. The first-order valence-electron chi connectivity index (χ1n) is 6.13. The first-order chi connectivity index (χ1) is 10.0. The summed E-state index contributed by atoms with van der Waals surface area (Å²) in [7, 11) is 1.52. The van der Waals surface area contributed by atoms with Gasteiger partial charge in [-0.15, -0.1) is 0 Å². The Morgan fingerprint density at radius 2 is 2.00 bits per heavy atom. The smallest absolute Gasteiger partial charge is 0.251 e. The van der Waals surface area contributed by atoms with Gasteiger partial charge in [-0.2, -0.15) is 5.26 Å². The van der Waals surface area contributed by atoms with Gasteiger partial charge in [0.2, 0.25) is 0 Å². The summed E-state index contributed by atoms with van der Waals surface area (Å²) < 4.78 is 13.8. The van der Waals surface area contributed by atoms with Crippen LogP contribution in [0.3, 0.4) is 0 Å². The number of nitrogen functional groups attached to an aromatic ring is 1. The molecule has 0 aliphatic carbocycles. The minimum Gasteiger partial charge on any atom is -0.397 e. The Balaban J connectivity index is 2.35. The van der Waals surface area contributed by atoms with Gasteiger partial charge in [0.15, 0.2) is 0 Å². The van der Waals surface area contributed by atoms with Gasteiger partial charge < -0.3 is 16.4 Å². The van der Waals surface area contributed by atoms with E-state index in [2.05, 4.69) is 10.6 Å². The van der Waals surface area contributed by atoms with Crippen molar-refractivity contribution in [1.29, 1.82) is 5.26 Å². The van der Waals surface area contributed by atoms with Gasteiger partial charge in [0.25, 0.3) is 5.91 Å². The summed E-state index contributed by atoms with van der Waals surface area (Å²) >= 11 is 0. The zero-order valence-corrected chi connectivity index (χ0v) is 11.3. The zero-order chi connectivity index (χ0) is 15.4. The molecule has 0 unspecified atom stereocenters. The number of rotatable bonds is 3. The summed E-state index contributed by atoms with van der Waals surface area (Å²) in [6.07, 6.45) is 0. The third-order valence-electron chi connectivity index (χ3n) is 2.91. The monoisotopic (exact) mass is 284 g/mol. The number of carbonyl (C=O) groups is 1. The first kappa shape index (κ1) is 14.3. The Labute approximate surface area is 121 Å². The van der Waals surface area contributed by atoms with Crippen molar-refractivity contribution < 1.29 is 9.18 Å². The number of benzene rings is 2. The van der Waals surface area contributed by atoms with Crippen molar-refractivity contribution in [3.63, 3.8) is 0 Å². The molecule has 0 heterocycles. The molecule has 0 spiro atoms. The summed E-state index contributed by atoms with van der Waals surface area (Å²) in [4.78, 5) is 11.6. The van der Waals surface area contributed by atoms with Crippen LogP contribution in [-0.4, -0.2) is 13.0 Å². The van der Waals surface area contributed by atoms with E-state index in [-0.39, 0.29) is 17.2 Å². The van der Waals surface area contributed by atoms with Crippen molar-refractivity contribution in [2.24, 2.45) is 0 Å². The summed E-state index contributed by atoms with van der Waals surface area (Å²) in [6.45, 7) is 0. The molecule has 6 heteroatoms. The average Bonchev–Trinajstić information content (AvgIpc) is 2.50. The molecule has 106 valence electrons. The van der Waals surface area contributed by atoms with Crippen molar-refractivity contribution in [1.82, 2.24) is 5.32 Å². The number of hydrogen-bond donors (Lipinski definition) is 3. The van der Waals surface area contributed by atoms with E-state index in [0.29, 0.717) is 16.9 Å². The van der Waals surface area contributed by atoms with Gasteiger partial charge in [0, 0.05) is 12.6 Å². The van der Waals surface area contributed by atoms with Crippen molar-refractivity contribution in [3.8, 4) is 6.07 Å². The lowest BCUT2D eigenvalue weighted by atomic mass is 10.1. The van der Waals surface area contributed by atoms with E-state index in [1.807, 2.05) is 6.07 Å². The quantitative estimate of drug-likeness (QED) is 0.755. The normalized spacial score (nSPS) is 9.76. The van der Waals surface area contributed by atoms with E-state index < -0.39 is 5.82 Å². The molecule has 0 saturated heterocycles. The second-order valence-electron chi connectivity index (χ2n) is 4.31. The molecule has 0 aliphatic rings.